The Labute approximate surface area is 654 Å². The van der Waals surface area contributed by atoms with Crippen LogP contribution in [0, 0.1) is 0 Å². The molecule has 3 fully saturated rings. The second kappa shape index (κ2) is 68.4. The Morgan fingerprint density at radius 1 is 0.343 bits per heavy atom. The molecule has 19 heteroatoms. The van der Waals surface area contributed by atoms with Crippen LogP contribution in [0.3, 0.4) is 0 Å². The van der Waals surface area contributed by atoms with Crippen molar-refractivity contribution >= 4 is 5.91 Å². The molecule has 628 valence electrons. The molecule has 3 saturated heterocycles. The lowest BCUT2D eigenvalue weighted by Crippen LogP contribution is -2.66. The second-order valence-corrected chi connectivity index (χ2v) is 31.0. The van der Waals surface area contributed by atoms with Gasteiger partial charge in [0.05, 0.1) is 38.6 Å². The van der Waals surface area contributed by atoms with Gasteiger partial charge < -0.3 is 89.9 Å². The highest BCUT2D eigenvalue weighted by molar-refractivity contribution is 5.76. The molecule has 108 heavy (non-hydrogen) atoms. The molecule has 1 amide bonds. The van der Waals surface area contributed by atoms with Crippen molar-refractivity contribution in [2.45, 2.75) is 446 Å². The lowest BCUT2D eigenvalue weighted by molar-refractivity contribution is -0.379. The first-order chi connectivity index (χ1) is 52.8. The molecule has 0 aliphatic carbocycles. The maximum Gasteiger partial charge on any atom is 0.220 e. The Morgan fingerprint density at radius 3 is 1.04 bits per heavy atom. The van der Waals surface area contributed by atoms with Crippen molar-refractivity contribution in [3.63, 3.8) is 0 Å². The summed E-state index contributed by atoms with van der Waals surface area (Å²) in [5.41, 5.74) is 0. The maximum absolute atomic E-state index is 13.5. The van der Waals surface area contributed by atoms with E-state index in [0.29, 0.717) is 12.8 Å². The molecule has 3 heterocycles. The monoisotopic (exact) mass is 1530 g/mol. The second-order valence-electron chi connectivity index (χ2n) is 31.0. The molecule has 19 nitrogen and oxygen atoms in total. The van der Waals surface area contributed by atoms with Gasteiger partial charge in [-0.3, -0.25) is 4.79 Å². The minimum atomic E-state index is -1.98. The van der Waals surface area contributed by atoms with Gasteiger partial charge in [-0.15, -0.1) is 0 Å². The van der Waals surface area contributed by atoms with Gasteiger partial charge in [0.2, 0.25) is 5.91 Å². The van der Waals surface area contributed by atoms with E-state index >= 15 is 0 Å². The van der Waals surface area contributed by atoms with Gasteiger partial charge in [0.1, 0.15) is 73.2 Å². The van der Waals surface area contributed by atoms with E-state index in [2.05, 4.69) is 92.1 Å². The zero-order valence-corrected chi connectivity index (χ0v) is 67.6. The van der Waals surface area contributed by atoms with Crippen molar-refractivity contribution in [1.82, 2.24) is 5.32 Å². The molecule has 0 saturated carbocycles. The van der Waals surface area contributed by atoms with E-state index in [1.54, 1.807) is 6.08 Å². The Balaban J connectivity index is 1.30. The molecule has 12 N–H and O–H groups in total. The number of aliphatic hydroxyl groups excluding tert-OH is 11. The molecule has 3 rings (SSSR count). The van der Waals surface area contributed by atoms with Crippen LogP contribution in [0.4, 0.5) is 0 Å². The summed E-state index contributed by atoms with van der Waals surface area (Å²) in [4.78, 5) is 13.5. The molecule has 0 aromatic carbocycles. The van der Waals surface area contributed by atoms with Crippen LogP contribution in [0.1, 0.15) is 341 Å². The fraction of sp³-hybridized carbons (Fsp3) is 0.831. The predicted octanol–water partition coefficient (Wildman–Crippen LogP) is 16.1. The van der Waals surface area contributed by atoms with E-state index in [-0.39, 0.29) is 18.9 Å². The molecule has 3 aliphatic heterocycles. The van der Waals surface area contributed by atoms with Crippen LogP contribution < -0.4 is 5.32 Å². The van der Waals surface area contributed by atoms with Crippen LogP contribution in [0.2, 0.25) is 0 Å². The van der Waals surface area contributed by atoms with E-state index in [0.717, 1.165) is 70.6 Å². The number of carbonyl (C=O) groups excluding carboxylic acids is 1. The van der Waals surface area contributed by atoms with Crippen LogP contribution >= 0.6 is 0 Å². The van der Waals surface area contributed by atoms with E-state index in [1.807, 2.05) is 6.08 Å². The van der Waals surface area contributed by atoms with Crippen molar-refractivity contribution in [3.05, 3.63) is 85.1 Å². The zero-order valence-electron chi connectivity index (χ0n) is 67.6. The number of unbranched alkanes of at least 4 members (excludes halogenated alkanes) is 42. The number of rotatable bonds is 70. The molecule has 0 aromatic rings. The van der Waals surface area contributed by atoms with Gasteiger partial charge in [-0.05, 0) is 77.0 Å². The predicted molar refractivity (Wildman–Crippen MR) is 434 cm³/mol. The highest BCUT2D eigenvalue weighted by Gasteiger charge is 2.54. The molecule has 17 atom stereocenters. The quantitative estimate of drug-likeness (QED) is 0.0199. The van der Waals surface area contributed by atoms with Crippen LogP contribution in [0.25, 0.3) is 0 Å². The molecule has 3 aliphatic rings. The van der Waals surface area contributed by atoms with Crippen LogP contribution in [0.5, 0.6) is 0 Å². The molecular weight excluding hydrogens is 1370 g/mol. The smallest absolute Gasteiger partial charge is 0.220 e. The minimum absolute atomic E-state index is 0.237. The van der Waals surface area contributed by atoms with Gasteiger partial charge in [-0.25, -0.2) is 0 Å². The Kier molecular flexibility index (Phi) is 62.8. The summed E-state index contributed by atoms with van der Waals surface area (Å²) in [6.07, 6.45) is 66.0. The first kappa shape index (κ1) is 99.2. The lowest BCUT2D eigenvalue weighted by Gasteiger charge is -2.48. The van der Waals surface area contributed by atoms with Gasteiger partial charge >= 0.3 is 0 Å². The summed E-state index contributed by atoms with van der Waals surface area (Å²) in [5, 5.41) is 121. The fourth-order valence-corrected chi connectivity index (χ4v) is 14.5. The number of aliphatic hydroxyl groups is 11. The summed E-state index contributed by atoms with van der Waals surface area (Å²) < 4.78 is 34.5. The van der Waals surface area contributed by atoms with Gasteiger partial charge in [0.25, 0.3) is 0 Å². The molecule has 0 bridgehead atoms. The molecule has 0 aromatic heterocycles. The first-order valence-electron chi connectivity index (χ1n) is 43.8. The highest BCUT2D eigenvalue weighted by Crippen LogP contribution is 2.33. The summed E-state index contributed by atoms with van der Waals surface area (Å²) in [6.45, 7) is 1.64. The number of hydrogen-bond donors (Lipinski definition) is 12. The van der Waals surface area contributed by atoms with Crippen LogP contribution in [-0.2, 0) is 33.2 Å². The highest BCUT2D eigenvalue weighted by atomic mass is 16.8. The van der Waals surface area contributed by atoms with Crippen molar-refractivity contribution < 1.29 is 89.4 Å². The van der Waals surface area contributed by atoms with Gasteiger partial charge in [-0.1, -0.05) is 343 Å². The van der Waals surface area contributed by atoms with E-state index in [4.69, 9.17) is 28.4 Å². The Hall–Kier alpha value is -3.03. The average molecular weight is 1530 g/mol. The number of hydrogen-bond acceptors (Lipinski definition) is 18. The maximum atomic E-state index is 13.5. The minimum Gasteiger partial charge on any atom is -0.394 e. The number of carbonyl (C=O) groups is 1. The third-order valence-corrected chi connectivity index (χ3v) is 21.4. The Bertz CT molecular complexity index is 2280. The first-order valence-corrected chi connectivity index (χ1v) is 43.8. The van der Waals surface area contributed by atoms with Crippen molar-refractivity contribution in [3.8, 4) is 0 Å². The largest absolute Gasteiger partial charge is 0.394 e. The van der Waals surface area contributed by atoms with Gasteiger partial charge in [0.15, 0.2) is 18.9 Å². The molecule has 0 radical (unpaired) electrons. The lowest BCUT2D eigenvalue weighted by atomic mass is 9.96. The SMILES string of the molecule is CC/C=C\C/C=C\C/C=C\C/C=C\C/C=C\CCCCCCCCCCCCCCCCCCCCCCCCCCCC(=O)NC(COC1OC(CO)C(OC2OC(CO)C(OC3OC(CO)C(O)C(O)C3O)C(O)C2O)C(O)C1O)C(O)/C=C/CC/C=C/CCCCCCCCCCCCCCCCCC. The third-order valence-electron chi connectivity index (χ3n) is 21.4. The van der Waals surface area contributed by atoms with Crippen molar-refractivity contribution in [2.24, 2.45) is 0 Å². The summed E-state index contributed by atoms with van der Waals surface area (Å²) in [5.74, 6) is -0.280. The van der Waals surface area contributed by atoms with Crippen LogP contribution in [-0.4, -0.2) is 193 Å². The van der Waals surface area contributed by atoms with Gasteiger partial charge in [-0.2, -0.15) is 0 Å². The zero-order chi connectivity index (χ0) is 78.1. The number of nitrogens with one attached hydrogen (secondary N) is 1. The fourth-order valence-electron chi connectivity index (χ4n) is 14.5. The molecule has 17 unspecified atom stereocenters. The summed E-state index contributed by atoms with van der Waals surface area (Å²) >= 11 is 0. The topological polar surface area (TPSA) is 307 Å². The standard InChI is InChI=1S/C89H159NO18/c1-3-5-7-9-11-13-15-17-19-21-23-25-27-28-29-30-31-32-33-34-35-36-37-38-39-40-41-42-43-44-45-47-49-51-53-55-57-59-61-63-65-67-77(95)90-72(73(94)66-64-62-60-58-56-54-52-50-48-46-26-24-22-20-18-16-14-12-10-8-6-4-2)71-103-87-83(101)80(98)85(75(69-92)105-87)108-89-84(102)81(99)86(76(70-93)106-89)107-88-82(100)79(97)78(96)74(68-91)104-88/h5,7,11,13,17,19,23,25,28-29,56,58,64,66,72-76,78-89,91-94,96-102H,3-4,6,8-10,12,14-16,18,20-22,24,26-27,30-55,57,59-63,65,67-71H2,1-2H3,(H,90,95)/b7-5-,13-11-,19-17-,25-23-,29-28-,58-56+,66-64+. The van der Waals surface area contributed by atoms with Crippen molar-refractivity contribution in [2.75, 3.05) is 26.4 Å². The molecular formula is C89H159NO18. The summed E-state index contributed by atoms with van der Waals surface area (Å²) in [7, 11) is 0. The van der Waals surface area contributed by atoms with Gasteiger partial charge in [0, 0.05) is 6.42 Å². The van der Waals surface area contributed by atoms with E-state index in [9.17, 15) is 61.0 Å². The molecule has 0 spiro atoms. The summed E-state index contributed by atoms with van der Waals surface area (Å²) in [6, 6.07) is -0.993. The third kappa shape index (κ3) is 47.0. The van der Waals surface area contributed by atoms with E-state index in [1.165, 1.54) is 238 Å². The number of amides is 1. The van der Waals surface area contributed by atoms with Crippen LogP contribution in [0.15, 0.2) is 85.1 Å². The Morgan fingerprint density at radius 2 is 0.648 bits per heavy atom. The van der Waals surface area contributed by atoms with E-state index < -0.39 is 124 Å². The normalized spacial score (nSPS) is 25.8. The average Bonchev–Trinajstić information content (AvgIpc) is 0.787. The van der Waals surface area contributed by atoms with Crippen molar-refractivity contribution in [1.29, 1.82) is 0 Å². The number of ether oxygens (including phenoxy) is 6. The number of allylic oxidation sites excluding steroid dienone is 13.